The molecule has 0 fully saturated rings. The Morgan fingerprint density at radius 2 is 1.08 bits per heavy atom. The summed E-state index contributed by atoms with van der Waals surface area (Å²) in [5.41, 5.74) is 2.93. The number of aryl methyl sites for hydroxylation is 6. The van der Waals surface area contributed by atoms with Gasteiger partial charge in [-0.15, -0.1) is 0 Å². The summed E-state index contributed by atoms with van der Waals surface area (Å²) in [6.07, 6.45) is 4.03. The molecular weight excluding hydrogens is 672 g/mol. The predicted molar refractivity (Wildman–Crippen MR) is 199 cm³/mol. The van der Waals surface area contributed by atoms with Gasteiger partial charge in [-0.3, -0.25) is 30.3 Å². The first kappa shape index (κ1) is 37.5. The number of allylic oxidation sites excluding steroid dienone is 2. The highest BCUT2D eigenvalue weighted by Gasteiger charge is 2.43. The molecule has 0 saturated heterocycles. The standard InChI is InChI=1S/C36H42N8O8/c1-9-20-23(12-4)32-24(13-5)29-21(10-2)22(11-3)30(38-29)25(14-6)33-26(15-7)34(42(47)48)36(40(33)44(51)52)35(43(49)50)31-28(41(45)46)18-19(37-31)17-27(20)39(32)16-8/h17-18H,9-16H2,1-8H3. The third-order valence-corrected chi connectivity index (χ3v) is 10.1. The van der Waals surface area contributed by atoms with Gasteiger partial charge >= 0.3 is 17.1 Å². The zero-order chi connectivity index (χ0) is 38.3. The fourth-order valence-electron chi connectivity index (χ4n) is 8.10. The van der Waals surface area contributed by atoms with Gasteiger partial charge in [-0.05, 0) is 84.9 Å². The first-order valence-corrected chi connectivity index (χ1v) is 17.7. The van der Waals surface area contributed by atoms with Crippen LogP contribution in [0.1, 0.15) is 119 Å². The summed E-state index contributed by atoms with van der Waals surface area (Å²) in [7, 11) is 0. The van der Waals surface area contributed by atoms with E-state index in [4.69, 9.17) is 4.98 Å². The van der Waals surface area contributed by atoms with E-state index in [-0.39, 0.29) is 29.6 Å². The molecule has 16 nitrogen and oxygen atoms in total. The maximum Gasteiger partial charge on any atom is 0.338 e. The molecule has 0 N–H and O–H groups in total. The maximum atomic E-state index is 13.1. The second-order valence-corrected chi connectivity index (χ2v) is 12.4. The van der Waals surface area contributed by atoms with Gasteiger partial charge in [0, 0.05) is 29.3 Å². The first-order valence-electron chi connectivity index (χ1n) is 17.7. The highest BCUT2D eigenvalue weighted by Crippen LogP contribution is 2.45. The van der Waals surface area contributed by atoms with E-state index in [9.17, 15) is 40.5 Å². The van der Waals surface area contributed by atoms with E-state index < -0.39 is 48.1 Å². The quantitative estimate of drug-likeness (QED) is 0.129. The van der Waals surface area contributed by atoms with Crippen LogP contribution >= 0.6 is 0 Å². The second kappa shape index (κ2) is 14.4. The fraction of sp³-hybridized carbons (Fsp3) is 0.444. The normalized spacial score (nSPS) is 12.7. The molecule has 0 atom stereocenters. The summed E-state index contributed by atoms with van der Waals surface area (Å²) in [6.45, 7) is 15.9. The third kappa shape index (κ3) is 5.52. The first-order chi connectivity index (χ1) is 24.8. The summed E-state index contributed by atoms with van der Waals surface area (Å²) in [5.74, 6) is 0. The minimum atomic E-state index is -1.21. The molecule has 16 heteroatoms. The van der Waals surface area contributed by atoms with E-state index >= 15 is 0 Å². The Hall–Kier alpha value is -5.80. The summed E-state index contributed by atoms with van der Waals surface area (Å²) in [6, 6.07) is 1.63. The van der Waals surface area contributed by atoms with Gasteiger partial charge in [0.25, 0.3) is 5.52 Å². The van der Waals surface area contributed by atoms with Gasteiger partial charge in [0.2, 0.25) is 5.69 Å². The molecule has 8 bridgehead atoms. The average molecular weight is 715 g/mol. The van der Waals surface area contributed by atoms with Crippen LogP contribution in [0.15, 0.2) is 6.07 Å². The zero-order valence-electron chi connectivity index (χ0n) is 30.7. The summed E-state index contributed by atoms with van der Waals surface area (Å²) >= 11 is 0. The van der Waals surface area contributed by atoms with Crippen molar-refractivity contribution < 1.29 is 19.8 Å². The molecule has 0 spiro atoms. The van der Waals surface area contributed by atoms with Crippen molar-refractivity contribution in [1.82, 2.24) is 19.2 Å². The smallest absolute Gasteiger partial charge is 0.338 e. The Bertz CT molecular complexity index is 2310. The molecule has 5 heterocycles. The van der Waals surface area contributed by atoms with Crippen LogP contribution in [0, 0.1) is 40.5 Å². The van der Waals surface area contributed by atoms with Gasteiger partial charge in [0.1, 0.15) is 5.52 Å². The Morgan fingerprint density at radius 1 is 0.558 bits per heavy atom. The summed E-state index contributed by atoms with van der Waals surface area (Å²) < 4.78 is 2.48. The molecule has 0 amide bonds. The van der Waals surface area contributed by atoms with Crippen molar-refractivity contribution in [2.45, 2.75) is 107 Å². The third-order valence-electron chi connectivity index (χ3n) is 10.1. The Balaban J connectivity index is 2.38. The molecule has 3 aromatic rings. The average Bonchev–Trinajstić information content (AvgIpc) is 3.85. The van der Waals surface area contributed by atoms with E-state index in [1.54, 1.807) is 19.9 Å². The molecular formula is C36H42N8O8. The number of hydrogen-bond donors (Lipinski definition) is 0. The molecule has 2 aliphatic heterocycles. The maximum absolute atomic E-state index is 13.1. The number of nitrogens with zero attached hydrogens (tertiary/aromatic N) is 8. The van der Waals surface area contributed by atoms with E-state index in [0.717, 1.165) is 45.1 Å². The molecule has 3 aromatic heterocycles. The van der Waals surface area contributed by atoms with Crippen molar-refractivity contribution in [1.29, 1.82) is 0 Å². The van der Waals surface area contributed by atoms with Crippen molar-refractivity contribution in [3.05, 3.63) is 97.1 Å². The number of hydrogen-bond acceptors (Lipinski definition) is 10. The molecule has 0 unspecified atom stereocenters. The van der Waals surface area contributed by atoms with Gasteiger partial charge < -0.3 is 4.57 Å². The molecule has 2 aliphatic rings. The number of nitro groups is 4. The van der Waals surface area contributed by atoms with Crippen molar-refractivity contribution in [2.75, 3.05) is 0 Å². The van der Waals surface area contributed by atoms with Crippen LogP contribution in [0.5, 0.6) is 0 Å². The van der Waals surface area contributed by atoms with Crippen LogP contribution in [-0.2, 0) is 38.6 Å². The predicted octanol–water partition coefficient (Wildman–Crippen LogP) is 8.46. The van der Waals surface area contributed by atoms with E-state index in [1.165, 1.54) is 0 Å². The number of aromatic nitrogens is 4. The molecule has 0 saturated carbocycles. The SMILES string of the molecule is CCC1=C(CC)c2nc1c(CC)c1c(CC)c(CC)c(cc3nc(c([N+](=O)[O-])c4c([N+](=O)[O-])c(CC)c(c2CC)n4[N+](=O)[O-])C([N+](=O)[O-])=C3)n1CC. The number of fused-ring (bicyclic) bond motifs is 8. The summed E-state index contributed by atoms with van der Waals surface area (Å²) in [5, 5.41) is 50.6. The lowest BCUT2D eigenvalue weighted by Gasteiger charge is -2.11. The van der Waals surface area contributed by atoms with Gasteiger partial charge in [-0.2, -0.15) is 0 Å². The Kier molecular flexibility index (Phi) is 10.4. The lowest BCUT2D eigenvalue weighted by molar-refractivity contribution is -0.534. The minimum Gasteiger partial charge on any atom is -0.341 e. The van der Waals surface area contributed by atoms with Crippen LogP contribution in [0.3, 0.4) is 0 Å². The topological polar surface area (TPSA) is 208 Å². The van der Waals surface area contributed by atoms with Crippen LogP contribution < -0.4 is 0 Å². The molecule has 0 aliphatic carbocycles. The van der Waals surface area contributed by atoms with E-state index in [1.807, 2.05) is 34.6 Å². The van der Waals surface area contributed by atoms with Crippen molar-refractivity contribution >= 4 is 56.4 Å². The fourth-order valence-corrected chi connectivity index (χ4v) is 8.10. The van der Waals surface area contributed by atoms with Gasteiger partial charge in [-0.25, -0.2) is 20.1 Å². The minimum absolute atomic E-state index is 0.00264. The molecule has 52 heavy (non-hydrogen) atoms. The van der Waals surface area contributed by atoms with Crippen molar-refractivity contribution in [3.63, 3.8) is 0 Å². The highest BCUT2D eigenvalue weighted by molar-refractivity contribution is 5.99. The van der Waals surface area contributed by atoms with Gasteiger partial charge in [0.15, 0.2) is 5.03 Å². The van der Waals surface area contributed by atoms with Gasteiger partial charge in [-0.1, -0.05) is 48.5 Å². The number of rotatable bonds is 12. The Labute approximate surface area is 299 Å². The van der Waals surface area contributed by atoms with Crippen LogP contribution in [0.25, 0.3) is 45.0 Å². The lowest BCUT2D eigenvalue weighted by atomic mass is 9.93. The van der Waals surface area contributed by atoms with Crippen LogP contribution in [0.2, 0.25) is 0 Å². The zero-order valence-corrected chi connectivity index (χ0v) is 30.7. The van der Waals surface area contributed by atoms with Crippen molar-refractivity contribution in [3.8, 4) is 0 Å². The molecule has 0 radical (unpaired) electrons. The molecule has 5 rings (SSSR count). The van der Waals surface area contributed by atoms with Crippen LogP contribution in [-0.4, -0.2) is 39.0 Å². The highest BCUT2D eigenvalue weighted by atomic mass is 16.7. The monoisotopic (exact) mass is 714 g/mol. The van der Waals surface area contributed by atoms with E-state index in [0.29, 0.717) is 60.1 Å². The van der Waals surface area contributed by atoms with Crippen LogP contribution in [0.4, 0.5) is 11.4 Å². The van der Waals surface area contributed by atoms with E-state index in [2.05, 4.69) is 16.5 Å². The largest absolute Gasteiger partial charge is 0.341 e. The van der Waals surface area contributed by atoms with Crippen molar-refractivity contribution in [2.24, 2.45) is 0 Å². The second-order valence-electron chi connectivity index (χ2n) is 12.4. The summed E-state index contributed by atoms with van der Waals surface area (Å²) in [4.78, 5) is 58.4. The molecule has 0 aromatic carbocycles. The lowest BCUT2D eigenvalue weighted by Crippen LogP contribution is -2.12. The Morgan fingerprint density at radius 3 is 1.50 bits per heavy atom. The molecule has 274 valence electrons. The van der Waals surface area contributed by atoms with Gasteiger partial charge in [0.05, 0.1) is 42.9 Å².